The summed E-state index contributed by atoms with van der Waals surface area (Å²) in [4.78, 5) is 32.0. The van der Waals surface area contributed by atoms with Crippen LogP contribution in [0.25, 0.3) is 0 Å². The summed E-state index contributed by atoms with van der Waals surface area (Å²) in [5.41, 5.74) is 1.86. The van der Waals surface area contributed by atoms with Crippen molar-refractivity contribution in [2.75, 3.05) is 16.8 Å². The van der Waals surface area contributed by atoms with Crippen molar-refractivity contribution in [1.29, 1.82) is 0 Å². The van der Waals surface area contributed by atoms with E-state index >= 15 is 0 Å². The first kappa shape index (κ1) is 15.0. The van der Waals surface area contributed by atoms with Gasteiger partial charge < -0.3 is 15.3 Å². The highest BCUT2D eigenvalue weighted by Crippen LogP contribution is 2.21. The van der Waals surface area contributed by atoms with E-state index in [4.69, 9.17) is 5.11 Å². The lowest BCUT2D eigenvalue weighted by atomic mass is 10.2. The number of aromatic carboxylic acids is 1. The molecule has 1 amide bonds. The number of nitrogens with one attached hydrogen (secondary N) is 1. The summed E-state index contributed by atoms with van der Waals surface area (Å²) in [6, 6.07) is 7.76. The molecule has 2 N–H and O–H groups in total. The molecule has 1 aromatic heterocycles. The fraction of sp³-hybridized carbons (Fsp3) is 0.250. The van der Waals surface area contributed by atoms with Gasteiger partial charge in [0.15, 0.2) is 5.69 Å². The number of carbonyl (C=O) groups excluding carboxylic acids is 1. The molecule has 0 spiro atoms. The number of hydrogen-bond donors (Lipinski definition) is 2. The quantitative estimate of drug-likeness (QED) is 0.875. The molecule has 0 unspecified atom stereocenters. The Hall–Kier alpha value is -2.96. The van der Waals surface area contributed by atoms with Gasteiger partial charge >= 0.3 is 5.97 Å². The van der Waals surface area contributed by atoms with Crippen LogP contribution < -0.4 is 10.2 Å². The van der Waals surface area contributed by atoms with E-state index < -0.39 is 5.97 Å². The minimum absolute atomic E-state index is 0.0878. The van der Waals surface area contributed by atoms with Crippen molar-refractivity contribution < 1.29 is 14.7 Å². The molecule has 1 aliphatic heterocycles. The number of hydrogen-bond acceptors (Lipinski definition) is 5. The summed E-state index contributed by atoms with van der Waals surface area (Å²) < 4.78 is 0. The van der Waals surface area contributed by atoms with Crippen LogP contribution >= 0.6 is 0 Å². The molecule has 1 aromatic carbocycles. The molecule has 0 saturated carbocycles. The maximum absolute atomic E-state index is 11.7. The normalized spacial score (nSPS) is 14.1. The average Bonchev–Trinajstić information content (AvgIpc) is 3.00. The minimum atomic E-state index is -1.10. The first-order chi connectivity index (χ1) is 11.1. The first-order valence-electron chi connectivity index (χ1n) is 7.32. The van der Waals surface area contributed by atoms with Gasteiger partial charge in [0.1, 0.15) is 5.82 Å². The maximum Gasteiger partial charge on any atom is 0.356 e. The number of carboxylic acid groups (broad SMARTS) is 1. The zero-order chi connectivity index (χ0) is 16.2. The van der Waals surface area contributed by atoms with Crippen LogP contribution in [0, 0.1) is 0 Å². The fourth-order valence-electron chi connectivity index (χ4n) is 2.44. The van der Waals surface area contributed by atoms with Gasteiger partial charge in [0.25, 0.3) is 0 Å². The van der Waals surface area contributed by atoms with Gasteiger partial charge in [-0.25, -0.2) is 14.8 Å². The highest BCUT2D eigenvalue weighted by atomic mass is 16.4. The van der Waals surface area contributed by atoms with Crippen LogP contribution in [0.5, 0.6) is 0 Å². The molecule has 3 rings (SSSR count). The Labute approximate surface area is 133 Å². The van der Waals surface area contributed by atoms with Crippen molar-refractivity contribution in [3.8, 4) is 0 Å². The van der Waals surface area contributed by atoms with Crippen molar-refractivity contribution in [2.24, 2.45) is 0 Å². The number of carboxylic acids is 1. The molecule has 1 saturated heterocycles. The SMILES string of the molecule is O=C(O)c1cnc(NCc2ccc(N3CCCC3=O)cc2)cn1. The second-order valence-electron chi connectivity index (χ2n) is 5.26. The van der Waals surface area contributed by atoms with Gasteiger partial charge in [-0.2, -0.15) is 0 Å². The molecule has 1 fully saturated rings. The van der Waals surface area contributed by atoms with E-state index in [-0.39, 0.29) is 11.6 Å². The topological polar surface area (TPSA) is 95.4 Å². The number of benzene rings is 1. The highest BCUT2D eigenvalue weighted by molar-refractivity contribution is 5.95. The van der Waals surface area contributed by atoms with E-state index in [1.165, 1.54) is 12.4 Å². The Morgan fingerprint density at radius 3 is 2.57 bits per heavy atom. The zero-order valence-electron chi connectivity index (χ0n) is 12.4. The van der Waals surface area contributed by atoms with Crippen LogP contribution in [0.4, 0.5) is 11.5 Å². The van der Waals surface area contributed by atoms with Crippen LogP contribution in [0.3, 0.4) is 0 Å². The molecule has 0 radical (unpaired) electrons. The largest absolute Gasteiger partial charge is 0.476 e. The molecule has 23 heavy (non-hydrogen) atoms. The Morgan fingerprint density at radius 2 is 2.00 bits per heavy atom. The van der Waals surface area contributed by atoms with E-state index in [1.807, 2.05) is 24.3 Å². The molecule has 1 aliphatic rings. The minimum Gasteiger partial charge on any atom is -0.476 e. The Balaban J connectivity index is 1.60. The number of nitrogens with zero attached hydrogens (tertiary/aromatic N) is 3. The lowest BCUT2D eigenvalue weighted by Gasteiger charge is -2.16. The summed E-state index contributed by atoms with van der Waals surface area (Å²) in [6.07, 6.45) is 4.13. The molecular weight excluding hydrogens is 296 g/mol. The van der Waals surface area contributed by atoms with Gasteiger partial charge in [0.05, 0.1) is 12.4 Å². The second-order valence-corrected chi connectivity index (χ2v) is 5.26. The second kappa shape index (κ2) is 6.43. The highest BCUT2D eigenvalue weighted by Gasteiger charge is 2.21. The smallest absolute Gasteiger partial charge is 0.356 e. The van der Waals surface area contributed by atoms with Crippen molar-refractivity contribution in [3.05, 3.63) is 47.9 Å². The standard InChI is InChI=1S/C16H16N4O3/c21-15-2-1-7-20(15)12-5-3-11(4-6-12)8-18-14-10-17-13(9-19-14)16(22)23/h3-6,9-10H,1-2,7-8H2,(H,18,19)(H,22,23). The summed E-state index contributed by atoms with van der Waals surface area (Å²) in [6.45, 7) is 1.32. The van der Waals surface area contributed by atoms with E-state index in [0.29, 0.717) is 18.8 Å². The molecule has 0 aliphatic carbocycles. The fourth-order valence-corrected chi connectivity index (χ4v) is 2.44. The summed E-state index contributed by atoms with van der Waals surface area (Å²) in [5.74, 6) is -0.422. The molecule has 7 heteroatoms. The van der Waals surface area contributed by atoms with Crippen molar-refractivity contribution in [1.82, 2.24) is 9.97 Å². The number of rotatable bonds is 5. The van der Waals surface area contributed by atoms with Gasteiger partial charge in [-0.1, -0.05) is 12.1 Å². The van der Waals surface area contributed by atoms with Crippen LogP contribution in [-0.4, -0.2) is 33.5 Å². The molecule has 2 aromatic rings. The lowest BCUT2D eigenvalue weighted by molar-refractivity contribution is -0.117. The molecule has 0 atom stereocenters. The maximum atomic E-state index is 11.7. The van der Waals surface area contributed by atoms with Gasteiger partial charge in [-0.3, -0.25) is 4.79 Å². The van der Waals surface area contributed by atoms with Crippen molar-refractivity contribution in [2.45, 2.75) is 19.4 Å². The average molecular weight is 312 g/mol. The Morgan fingerprint density at radius 1 is 1.22 bits per heavy atom. The number of carbonyl (C=O) groups is 2. The van der Waals surface area contributed by atoms with Crippen LogP contribution in [0.2, 0.25) is 0 Å². The lowest BCUT2D eigenvalue weighted by Crippen LogP contribution is -2.23. The molecule has 7 nitrogen and oxygen atoms in total. The van der Waals surface area contributed by atoms with Crippen molar-refractivity contribution in [3.63, 3.8) is 0 Å². The molecule has 2 heterocycles. The zero-order valence-corrected chi connectivity index (χ0v) is 12.4. The van der Waals surface area contributed by atoms with Crippen LogP contribution in [0.1, 0.15) is 28.9 Å². The van der Waals surface area contributed by atoms with Gasteiger partial charge in [0, 0.05) is 25.2 Å². The summed E-state index contributed by atoms with van der Waals surface area (Å²) in [7, 11) is 0. The molecular formula is C16H16N4O3. The third-order valence-corrected chi connectivity index (χ3v) is 3.67. The van der Waals surface area contributed by atoms with Gasteiger partial charge in [-0.05, 0) is 24.1 Å². The molecule has 118 valence electrons. The molecule has 0 bridgehead atoms. The third kappa shape index (κ3) is 3.45. The number of amides is 1. The van der Waals surface area contributed by atoms with Gasteiger partial charge in [-0.15, -0.1) is 0 Å². The first-order valence-corrected chi connectivity index (χ1v) is 7.32. The Bertz CT molecular complexity index is 713. The summed E-state index contributed by atoms with van der Waals surface area (Å²) in [5, 5.41) is 11.8. The van der Waals surface area contributed by atoms with E-state index in [2.05, 4.69) is 15.3 Å². The van der Waals surface area contributed by atoms with Crippen molar-refractivity contribution >= 4 is 23.4 Å². The van der Waals surface area contributed by atoms with Crippen LogP contribution in [0.15, 0.2) is 36.7 Å². The predicted octanol–water partition coefficient (Wildman–Crippen LogP) is 1.91. The monoisotopic (exact) mass is 312 g/mol. The van der Waals surface area contributed by atoms with Crippen LogP contribution in [-0.2, 0) is 11.3 Å². The van der Waals surface area contributed by atoms with E-state index in [9.17, 15) is 9.59 Å². The predicted molar refractivity (Wildman–Crippen MR) is 84.3 cm³/mol. The van der Waals surface area contributed by atoms with E-state index in [1.54, 1.807) is 4.90 Å². The summed E-state index contributed by atoms with van der Waals surface area (Å²) >= 11 is 0. The number of anilines is 2. The third-order valence-electron chi connectivity index (χ3n) is 3.67. The van der Waals surface area contributed by atoms with E-state index in [0.717, 1.165) is 24.2 Å². The van der Waals surface area contributed by atoms with Gasteiger partial charge in [0.2, 0.25) is 5.91 Å². The Kier molecular flexibility index (Phi) is 4.18. The number of aromatic nitrogens is 2.